The molecule has 0 bridgehead atoms. The van der Waals surface area contributed by atoms with Crippen LogP contribution >= 0.6 is 11.8 Å². The number of nitrogens with zero attached hydrogens (tertiary/aromatic N) is 1. The Balaban J connectivity index is 1.88. The van der Waals surface area contributed by atoms with Gasteiger partial charge in [0.2, 0.25) is 5.91 Å². The lowest BCUT2D eigenvalue weighted by Gasteiger charge is -2.25. The number of aryl methyl sites for hydroxylation is 1. The molecule has 18 heavy (non-hydrogen) atoms. The maximum Gasteiger partial charge on any atom is 0.238 e. The first-order chi connectivity index (χ1) is 8.65. The van der Waals surface area contributed by atoms with Crippen molar-refractivity contribution in [2.45, 2.75) is 6.92 Å². The highest BCUT2D eigenvalue weighted by atomic mass is 32.2. The quantitative estimate of drug-likeness (QED) is 0.814. The number of nitrogens with one attached hydrogen (secondary N) is 1. The van der Waals surface area contributed by atoms with E-state index in [1.165, 1.54) is 0 Å². The van der Waals surface area contributed by atoms with Crippen molar-refractivity contribution in [3.63, 3.8) is 0 Å². The number of benzene rings is 1. The molecule has 1 aromatic rings. The predicted octanol–water partition coefficient (Wildman–Crippen LogP) is 1.56. The van der Waals surface area contributed by atoms with Crippen LogP contribution in [0.25, 0.3) is 0 Å². The van der Waals surface area contributed by atoms with Crippen molar-refractivity contribution in [1.82, 2.24) is 4.90 Å². The maximum absolute atomic E-state index is 11.9. The number of amides is 1. The largest absolute Gasteiger partial charge is 0.398 e. The Bertz CT molecular complexity index is 430. The first-order valence-corrected chi connectivity index (χ1v) is 7.27. The highest BCUT2D eigenvalue weighted by Crippen LogP contribution is 2.17. The van der Waals surface area contributed by atoms with Crippen LogP contribution in [0.5, 0.6) is 0 Å². The lowest BCUT2D eigenvalue weighted by atomic mass is 10.2. The monoisotopic (exact) mass is 265 g/mol. The van der Waals surface area contributed by atoms with Crippen LogP contribution in [0.3, 0.4) is 0 Å². The minimum Gasteiger partial charge on any atom is -0.398 e. The van der Waals surface area contributed by atoms with Crippen molar-refractivity contribution >= 4 is 29.0 Å². The van der Waals surface area contributed by atoms with Gasteiger partial charge in [-0.05, 0) is 24.6 Å². The summed E-state index contributed by atoms with van der Waals surface area (Å²) in [4.78, 5) is 14.1. The highest BCUT2D eigenvalue weighted by molar-refractivity contribution is 7.99. The lowest BCUT2D eigenvalue weighted by Crippen LogP contribution is -2.38. The summed E-state index contributed by atoms with van der Waals surface area (Å²) in [5.41, 5.74) is 8.33. The Morgan fingerprint density at radius 3 is 2.83 bits per heavy atom. The van der Waals surface area contributed by atoms with Gasteiger partial charge in [-0.25, -0.2) is 0 Å². The molecular formula is C13H19N3OS. The molecule has 1 fully saturated rings. The van der Waals surface area contributed by atoms with Gasteiger partial charge >= 0.3 is 0 Å². The average molecular weight is 265 g/mol. The second-order valence-electron chi connectivity index (χ2n) is 4.51. The van der Waals surface area contributed by atoms with Crippen LogP contribution in [0.15, 0.2) is 18.2 Å². The van der Waals surface area contributed by atoms with Gasteiger partial charge in [-0.1, -0.05) is 6.07 Å². The smallest absolute Gasteiger partial charge is 0.238 e. The molecule has 5 heteroatoms. The number of nitrogen functional groups attached to an aromatic ring is 1. The minimum atomic E-state index is 0.0325. The zero-order valence-electron chi connectivity index (χ0n) is 10.6. The number of nitrogens with two attached hydrogens (primary N) is 1. The van der Waals surface area contributed by atoms with Crippen molar-refractivity contribution in [1.29, 1.82) is 0 Å². The summed E-state index contributed by atoms with van der Waals surface area (Å²) in [6.45, 7) is 4.41. The van der Waals surface area contributed by atoms with Crippen molar-refractivity contribution in [2.75, 3.05) is 42.2 Å². The standard InChI is InChI=1S/C13H19N3OS/c1-10-2-3-11(8-12(10)14)15-13(17)9-16-4-6-18-7-5-16/h2-3,8H,4-7,9,14H2,1H3,(H,15,17). The van der Waals surface area contributed by atoms with Gasteiger partial charge in [0.15, 0.2) is 0 Å². The van der Waals surface area contributed by atoms with Crippen LogP contribution in [0, 0.1) is 6.92 Å². The van der Waals surface area contributed by atoms with Crippen LogP contribution in [-0.4, -0.2) is 41.9 Å². The Kier molecular flexibility index (Phi) is 4.49. The van der Waals surface area contributed by atoms with Gasteiger partial charge in [-0.3, -0.25) is 9.69 Å². The summed E-state index contributed by atoms with van der Waals surface area (Å²) >= 11 is 1.94. The molecule has 0 atom stereocenters. The van der Waals surface area contributed by atoms with Gasteiger partial charge in [0.1, 0.15) is 0 Å². The van der Waals surface area contributed by atoms with Gasteiger partial charge in [-0.2, -0.15) is 11.8 Å². The van der Waals surface area contributed by atoms with Crippen molar-refractivity contribution in [3.8, 4) is 0 Å². The van der Waals surface area contributed by atoms with Crippen LogP contribution in [0.1, 0.15) is 5.56 Å². The average Bonchev–Trinajstić information content (AvgIpc) is 2.35. The Hall–Kier alpha value is -1.20. The number of hydrogen-bond donors (Lipinski definition) is 2. The molecule has 0 aliphatic carbocycles. The van der Waals surface area contributed by atoms with Crippen LogP contribution < -0.4 is 11.1 Å². The normalized spacial score (nSPS) is 16.5. The number of carbonyl (C=O) groups excluding carboxylic acids is 1. The van der Waals surface area contributed by atoms with E-state index in [1.807, 2.05) is 30.8 Å². The van der Waals surface area contributed by atoms with Gasteiger partial charge < -0.3 is 11.1 Å². The zero-order chi connectivity index (χ0) is 13.0. The zero-order valence-corrected chi connectivity index (χ0v) is 11.4. The topological polar surface area (TPSA) is 58.4 Å². The molecule has 0 spiro atoms. The Labute approximate surface area is 112 Å². The van der Waals surface area contributed by atoms with E-state index in [2.05, 4.69) is 10.2 Å². The van der Waals surface area contributed by atoms with Crippen LogP contribution in [0.4, 0.5) is 11.4 Å². The van der Waals surface area contributed by atoms with E-state index in [1.54, 1.807) is 6.07 Å². The van der Waals surface area contributed by atoms with E-state index >= 15 is 0 Å². The summed E-state index contributed by atoms with van der Waals surface area (Å²) in [7, 11) is 0. The maximum atomic E-state index is 11.9. The SMILES string of the molecule is Cc1ccc(NC(=O)CN2CCSCC2)cc1N. The Morgan fingerprint density at radius 1 is 1.44 bits per heavy atom. The molecule has 1 aliphatic rings. The summed E-state index contributed by atoms with van der Waals surface area (Å²) in [6.07, 6.45) is 0. The van der Waals surface area contributed by atoms with Crippen LogP contribution in [0.2, 0.25) is 0 Å². The summed E-state index contributed by atoms with van der Waals surface area (Å²) in [6, 6.07) is 5.61. The first-order valence-electron chi connectivity index (χ1n) is 6.11. The number of hydrogen-bond acceptors (Lipinski definition) is 4. The summed E-state index contributed by atoms with van der Waals surface area (Å²) < 4.78 is 0. The molecular weight excluding hydrogens is 246 g/mol. The van der Waals surface area contributed by atoms with Gasteiger partial charge in [0.25, 0.3) is 0 Å². The molecule has 0 aromatic heterocycles. The van der Waals surface area contributed by atoms with E-state index in [9.17, 15) is 4.79 Å². The van der Waals surface area contributed by atoms with Gasteiger partial charge in [-0.15, -0.1) is 0 Å². The predicted molar refractivity (Wildman–Crippen MR) is 78.0 cm³/mol. The van der Waals surface area contributed by atoms with Crippen LogP contribution in [-0.2, 0) is 4.79 Å². The van der Waals surface area contributed by atoms with Gasteiger partial charge in [0, 0.05) is 36.0 Å². The Morgan fingerprint density at radius 2 is 2.17 bits per heavy atom. The van der Waals surface area contributed by atoms with E-state index in [-0.39, 0.29) is 5.91 Å². The number of thioether (sulfide) groups is 1. The number of anilines is 2. The third kappa shape index (κ3) is 3.65. The lowest BCUT2D eigenvalue weighted by molar-refractivity contribution is -0.117. The molecule has 3 N–H and O–H groups in total. The van der Waals surface area contributed by atoms with E-state index in [4.69, 9.17) is 5.73 Å². The fraction of sp³-hybridized carbons (Fsp3) is 0.462. The fourth-order valence-corrected chi connectivity index (χ4v) is 2.86. The first kappa shape index (κ1) is 13.2. The third-order valence-corrected chi connectivity index (χ3v) is 3.98. The molecule has 1 aliphatic heterocycles. The third-order valence-electron chi connectivity index (χ3n) is 3.03. The van der Waals surface area contributed by atoms with Crippen molar-refractivity contribution in [3.05, 3.63) is 23.8 Å². The van der Waals surface area contributed by atoms with E-state index in [0.717, 1.165) is 35.8 Å². The number of rotatable bonds is 3. The molecule has 2 rings (SSSR count). The van der Waals surface area contributed by atoms with E-state index in [0.29, 0.717) is 12.2 Å². The summed E-state index contributed by atoms with van der Waals surface area (Å²) in [5, 5.41) is 2.89. The molecule has 0 unspecified atom stereocenters. The molecule has 98 valence electrons. The molecule has 1 saturated heterocycles. The molecule has 0 saturated carbocycles. The summed E-state index contributed by atoms with van der Waals surface area (Å²) in [5.74, 6) is 2.26. The second-order valence-corrected chi connectivity index (χ2v) is 5.73. The molecule has 1 heterocycles. The van der Waals surface area contributed by atoms with Crippen molar-refractivity contribution in [2.24, 2.45) is 0 Å². The molecule has 1 aromatic carbocycles. The fourth-order valence-electron chi connectivity index (χ4n) is 1.88. The number of carbonyl (C=O) groups is 1. The van der Waals surface area contributed by atoms with Crippen molar-refractivity contribution < 1.29 is 4.79 Å². The van der Waals surface area contributed by atoms with E-state index < -0.39 is 0 Å². The van der Waals surface area contributed by atoms with Gasteiger partial charge in [0.05, 0.1) is 6.54 Å². The second kappa shape index (κ2) is 6.11. The molecule has 4 nitrogen and oxygen atoms in total. The minimum absolute atomic E-state index is 0.0325. The molecule has 1 amide bonds. The highest BCUT2D eigenvalue weighted by Gasteiger charge is 2.14. The molecule has 0 radical (unpaired) electrons.